The minimum Gasteiger partial charge on any atom is -0.339 e. The summed E-state index contributed by atoms with van der Waals surface area (Å²) in [5, 5.41) is 3.33. The van der Waals surface area contributed by atoms with Gasteiger partial charge in [0, 0.05) is 19.5 Å². The molecule has 1 aliphatic rings. The highest BCUT2D eigenvalue weighted by atomic mass is 16.2. The van der Waals surface area contributed by atoms with E-state index in [1.807, 2.05) is 11.0 Å². The van der Waals surface area contributed by atoms with Crippen molar-refractivity contribution in [1.29, 1.82) is 0 Å². The first kappa shape index (κ1) is 13.2. The van der Waals surface area contributed by atoms with Gasteiger partial charge in [-0.25, -0.2) is 0 Å². The smallest absolute Gasteiger partial charge is 0.222 e. The van der Waals surface area contributed by atoms with E-state index in [9.17, 15) is 4.79 Å². The van der Waals surface area contributed by atoms with Crippen molar-refractivity contribution in [1.82, 2.24) is 10.2 Å². The second kappa shape index (κ2) is 7.44. The Bertz CT molecular complexity index is 222. The Morgan fingerprint density at radius 3 is 3.00 bits per heavy atom. The van der Waals surface area contributed by atoms with E-state index in [1.165, 1.54) is 6.42 Å². The van der Waals surface area contributed by atoms with Crippen LogP contribution in [-0.2, 0) is 4.79 Å². The van der Waals surface area contributed by atoms with Gasteiger partial charge >= 0.3 is 0 Å². The highest BCUT2D eigenvalue weighted by molar-refractivity contribution is 5.76. The van der Waals surface area contributed by atoms with Gasteiger partial charge in [-0.2, -0.15) is 0 Å². The first-order chi connectivity index (χ1) is 7.77. The molecule has 1 atom stereocenters. The van der Waals surface area contributed by atoms with Crippen molar-refractivity contribution < 1.29 is 4.79 Å². The summed E-state index contributed by atoms with van der Waals surface area (Å²) in [6.45, 7) is 9.55. The second-order valence-corrected chi connectivity index (χ2v) is 4.53. The molecule has 0 saturated carbocycles. The molecular weight excluding hydrogens is 200 g/mol. The van der Waals surface area contributed by atoms with E-state index in [0.717, 1.165) is 32.5 Å². The number of hydrogen-bond acceptors (Lipinski definition) is 2. The van der Waals surface area contributed by atoms with Crippen molar-refractivity contribution in [2.75, 3.05) is 26.2 Å². The maximum atomic E-state index is 11.9. The number of rotatable bonds is 7. The number of amides is 1. The Morgan fingerprint density at radius 1 is 1.62 bits per heavy atom. The second-order valence-electron chi connectivity index (χ2n) is 4.53. The number of carbonyl (C=O) groups excluding carboxylic acids is 1. The van der Waals surface area contributed by atoms with Crippen LogP contribution in [0.25, 0.3) is 0 Å². The monoisotopic (exact) mass is 224 g/mol. The van der Waals surface area contributed by atoms with Gasteiger partial charge in [0.25, 0.3) is 0 Å². The molecule has 0 aromatic heterocycles. The average molecular weight is 224 g/mol. The van der Waals surface area contributed by atoms with Gasteiger partial charge in [-0.15, -0.1) is 6.58 Å². The van der Waals surface area contributed by atoms with E-state index in [4.69, 9.17) is 0 Å². The van der Waals surface area contributed by atoms with Crippen molar-refractivity contribution in [3.8, 4) is 0 Å². The van der Waals surface area contributed by atoms with Gasteiger partial charge in [0.1, 0.15) is 0 Å². The Labute approximate surface area is 98.9 Å². The van der Waals surface area contributed by atoms with Crippen LogP contribution in [0.2, 0.25) is 0 Å². The number of carbonyl (C=O) groups is 1. The minimum atomic E-state index is 0.286. The van der Waals surface area contributed by atoms with Crippen LogP contribution in [0.15, 0.2) is 12.7 Å². The Morgan fingerprint density at radius 2 is 2.44 bits per heavy atom. The van der Waals surface area contributed by atoms with Crippen LogP contribution in [0, 0.1) is 5.92 Å². The first-order valence-electron chi connectivity index (χ1n) is 6.37. The molecule has 3 heteroatoms. The van der Waals surface area contributed by atoms with Gasteiger partial charge in [-0.3, -0.25) is 4.79 Å². The molecule has 1 fully saturated rings. The van der Waals surface area contributed by atoms with Crippen LogP contribution in [-0.4, -0.2) is 37.0 Å². The van der Waals surface area contributed by atoms with Gasteiger partial charge < -0.3 is 10.2 Å². The van der Waals surface area contributed by atoms with E-state index in [2.05, 4.69) is 18.8 Å². The van der Waals surface area contributed by atoms with E-state index in [-0.39, 0.29) is 5.91 Å². The molecule has 1 aliphatic heterocycles. The minimum absolute atomic E-state index is 0.286. The lowest BCUT2D eigenvalue weighted by Crippen LogP contribution is -2.32. The number of hydrogen-bond donors (Lipinski definition) is 1. The van der Waals surface area contributed by atoms with Crippen LogP contribution in [0.4, 0.5) is 0 Å². The molecule has 92 valence electrons. The summed E-state index contributed by atoms with van der Waals surface area (Å²) in [6, 6.07) is 0. The van der Waals surface area contributed by atoms with E-state index in [1.54, 1.807) is 0 Å². The Balaban J connectivity index is 2.26. The zero-order chi connectivity index (χ0) is 11.8. The van der Waals surface area contributed by atoms with Gasteiger partial charge in [0.15, 0.2) is 0 Å². The molecule has 0 aromatic rings. The summed E-state index contributed by atoms with van der Waals surface area (Å²) in [5.74, 6) is 0.991. The first-order valence-corrected chi connectivity index (χ1v) is 6.37. The molecule has 1 unspecified atom stereocenters. The molecule has 16 heavy (non-hydrogen) atoms. The van der Waals surface area contributed by atoms with Crippen LogP contribution in [0.3, 0.4) is 0 Å². The topological polar surface area (TPSA) is 32.3 Å². The number of nitrogens with one attached hydrogen (secondary N) is 1. The molecule has 0 radical (unpaired) electrons. The van der Waals surface area contributed by atoms with Crippen LogP contribution in [0.1, 0.15) is 32.6 Å². The highest BCUT2D eigenvalue weighted by Crippen LogP contribution is 2.15. The lowest BCUT2D eigenvalue weighted by Gasteiger charge is -2.21. The van der Waals surface area contributed by atoms with Crippen LogP contribution < -0.4 is 5.32 Å². The largest absolute Gasteiger partial charge is 0.339 e. The molecule has 1 N–H and O–H groups in total. The van der Waals surface area contributed by atoms with Gasteiger partial charge in [0.2, 0.25) is 5.91 Å². The standard InChI is InChI=1S/C13H24N2O/c1-3-9-15(10-4-2)13(16)6-5-12-7-8-14-11-12/h3,12,14H,1,4-11H2,2H3. The lowest BCUT2D eigenvalue weighted by molar-refractivity contribution is -0.131. The van der Waals surface area contributed by atoms with Crippen molar-refractivity contribution >= 4 is 5.91 Å². The van der Waals surface area contributed by atoms with Crippen molar-refractivity contribution in [3.63, 3.8) is 0 Å². The molecule has 3 nitrogen and oxygen atoms in total. The summed E-state index contributed by atoms with van der Waals surface area (Å²) in [5.41, 5.74) is 0. The summed E-state index contributed by atoms with van der Waals surface area (Å²) < 4.78 is 0. The van der Waals surface area contributed by atoms with E-state index < -0.39 is 0 Å². The molecule has 1 saturated heterocycles. The van der Waals surface area contributed by atoms with E-state index in [0.29, 0.717) is 18.9 Å². The highest BCUT2D eigenvalue weighted by Gasteiger charge is 2.17. The molecular formula is C13H24N2O. The Hall–Kier alpha value is -0.830. The zero-order valence-electron chi connectivity index (χ0n) is 10.4. The zero-order valence-corrected chi connectivity index (χ0v) is 10.4. The lowest BCUT2D eigenvalue weighted by atomic mass is 10.0. The Kier molecular flexibility index (Phi) is 6.16. The predicted octanol–water partition coefficient (Wildman–Crippen LogP) is 1.80. The van der Waals surface area contributed by atoms with Crippen molar-refractivity contribution in [2.45, 2.75) is 32.6 Å². The van der Waals surface area contributed by atoms with Crippen molar-refractivity contribution in [3.05, 3.63) is 12.7 Å². The molecule has 0 aliphatic carbocycles. The fourth-order valence-corrected chi connectivity index (χ4v) is 2.19. The maximum absolute atomic E-state index is 11.9. The van der Waals surface area contributed by atoms with Crippen molar-refractivity contribution in [2.24, 2.45) is 5.92 Å². The van der Waals surface area contributed by atoms with Crippen LogP contribution in [0.5, 0.6) is 0 Å². The molecule has 1 rings (SSSR count). The fourth-order valence-electron chi connectivity index (χ4n) is 2.19. The van der Waals surface area contributed by atoms with Gasteiger partial charge in [-0.1, -0.05) is 13.0 Å². The SMILES string of the molecule is C=CCN(CCC)C(=O)CCC1CCNC1. The summed E-state index contributed by atoms with van der Waals surface area (Å²) in [7, 11) is 0. The fraction of sp³-hybridized carbons (Fsp3) is 0.769. The summed E-state index contributed by atoms with van der Waals surface area (Å²) >= 11 is 0. The molecule has 0 spiro atoms. The molecule has 0 bridgehead atoms. The summed E-state index contributed by atoms with van der Waals surface area (Å²) in [4.78, 5) is 13.8. The summed E-state index contributed by atoms with van der Waals surface area (Å²) in [6.07, 6.45) is 5.78. The number of nitrogens with zero attached hydrogens (tertiary/aromatic N) is 1. The molecule has 0 aromatic carbocycles. The molecule has 1 amide bonds. The van der Waals surface area contributed by atoms with E-state index >= 15 is 0 Å². The van der Waals surface area contributed by atoms with Crippen LogP contribution >= 0.6 is 0 Å². The maximum Gasteiger partial charge on any atom is 0.222 e. The quantitative estimate of drug-likeness (QED) is 0.669. The third-order valence-corrected chi connectivity index (χ3v) is 3.12. The normalized spacial score (nSPS) is 19.7. The third-order valence-electron chi connectivity index (χ3n) is 3.12. The predicted molar refractivity (Wildman–Crippen MR) is 67.3 cm³/mol. The average Bonchev–Trinajstić information content (AvgIpc) is 2.78. The third kappa shape index (κ3) is 4.35. The molecule has 1 heterocycles. The van der Waals surface area contributed by atoms with Gasteiger partial charge in [0.05, 0.1) is 0 Å². The van der Waals surface area contributed by atoms with Gasteiger partial charge in [-0.05, 0) is 38.3 Å².